The Kier molecular flexibility index (Phi) is 4.92. The molecular formula is C13H19NO6. The number of hydrogen-bond donors (Lipinski definition) is 6. The minimum absolute atomic E-state index is 0.0921. The van der Waals surface area contributed by atoms with Crippen LogP contribution in [0.2, 0.25) is 0 Å². The van der Waals surface area contributed by atoms with Gasteiger partial charge < -0.3 is 35.6 Å². The van der Waals surface area contributed by atoms with Crippen molar-refractivity contribution < 1.29 is 30.3 Å². The number of ether oxygens (including phenoxy) is 1. The van der Waals surface area contributed by atoms with Crippen LogP contribution < -0.4 is 5.32 Å². The second-order valence-corrected chi connectivity index (χ2v) is 4.76. The molecule has 0 amide bonds. The van der Waals surface area contributed by atoms with Gasteiger partial charge in [-0.2, -0.15) is 0 Å². The van der Waals surface area contributed by atoms with Gasteiger partial charge in [0.25, 0.3) is 0 Å². The number of hydrogen-bond acceptors (Lipinski definition) is 7. The van der Waals surface area contributed by atoms with E-state index in [2.05, 4.69) is 5.32 Å². The molecule has 1 saturated heterocycles. The molecule has 20 heavy (non-hydrogen) atoms. The lowest BCUT2D eigenvalue weighted by atomic mass is 9.97. The van der Waals surface area contributed by atoms with Crippen LogP contribution in [0.5, 0.6) is 5.75 Å². The van der Waals surface area contributed by atoms with Crippen LogP contribution in [0.4, 0.5) is 0 Å². The zero-order valence-electron chi connectivity index (χ0n) is 10.8. The number of aromatic hydroxyl groups is 1. The van der Waals surface area contributed by atoms with Gasteiger partial charge in [0, 0.05) is 12.1 Å². The molecule has 1 heterocycles. The largest absolute Gasteiger partial charge is 0.508 e. The van der Waals surface area contributed by atoms with Gasteiger partial charge in [-0.15, -0.1) is 0 Å². The highest BCUT2D eigenvalue weighted by atomic mass is 16.6. The van der Waals surface area contributed by atoms with Crippen molar-refractivity contribution in [1.29, 1.82) is 0 Å². The van der Waals surface area contributed by atoms with Gasteiger partial charge in [0.05, 0.1) is 12.6 Å². The molecule has 0 spiro atoms. The van der Waals surface area contributed by atoms with Crippen LogP contribution >= 0.6 is 0 Å². The third-order valence-corrected chi connectivity index (χ3v) is 3.42. The molecule has 5 atom stereocenters. The Labute approximate surface area is 116 Å². The Hall–Kier alpha value is -1.22. The topological polar surface area (TPSA) is 122 Å². The fourth-order valence-electron chi connectivity index (χ4n) is 2.21. The van der Waals surface area contributed by atoms with Crippen LogP contribution in [-0.2, 0) is 11.3 Å². The molecular weight excluding hydrogens is 266 g/mol. The van der Waals surface area contributed by atoms with Crippen molar-refractivity contribution in [3.05, 3.63) is 29.8 Å². The molecule has 6 N–H and O–H groups in total. The Morgan fingerprint density at radius 1 is 1.10 bits per heavy atom. The maximum atomic E-state index is 9.93. The minimum Gasteiger partial charge on any atom is -0.508 e. The zero-order valence-corrected chi connectivity index (χ0v) is 10.8. The predicted molar refractivity (Wildman–Crippen MR) is 68.7 cm³/mol. The highest BCUT2D eigenvalue weighted by molar-refractivity contribution is 5.31. The molecule has 0 bridgehead atoms. The maximum absolute atomic E-state index is 9.93. The van der Waals surface area contributed by atoms with E-state index in [4.69, 9.17) is 9.84 Å². The van der Waals surface area contributed by atoms with Gasteiger partial charge >= 0.3 is 0 Å². The molecule has 1 aromatic carbocycles. The lowest BCUT2D eigenvalue weighted by molar-refractivity contribution is -0.254. The lowest BCUT2D eigenvalue weighted by Crippen LogP contribution is -2.63. The SMILES string of the molecule is OC[C@H]1O[C@@H](O)[C@H](NCc2ccccc2O)[C@@H](O)[C@@H]1O. The second kappa shape index (κ2) is 6.49. The Balaban J connectivity index is 2.00. The summed E-state index contributed by atoms with van der Waals surface area (Å²) in [4.78, 5) is 0. The molecule has 1 aliphatic heterocycles. The normalized spacial score (nSPS) is 34.1. The summed E-state index contributed by atoms with van der Waals surface area (Å²) in [6.45, 7) is -0.313. The summed E-state index contributed by atoms with van der Waals surface area (Å²) in [5, 5.41) is 50.9. The summed E-state index contributed by atoms with van der Waals surface area (Å²) in [7, 11) is 0. The first kappa shape index (κ1) is 15.2. The van der Waals surface area contributed by atoms with Gasteiger partial charge in [-0.25, -0.2) is 0 Å². The molecule has 1 fully saturated rings. The molecule has 0 unspecified atom stereocenters. The standard InChI is InChI=1S/C13H19NO6/c15-6-9-11(17)12(18)10(13(19)20-9)14-5-7-3-1-2-4-8(7)16/h1-4,9-19H,5-6H2/t9-,10-,11-,12-,13-/m1/s1. The molecule has 0 aliphatic carbocycles. The summed E-state index contributed by atoms with van der Waals surface area (Å²) in [6, 6.07) is 5.72. The first-order valence-electron chi connectivity index (χ1n) is 6.35. The van der Waals surface area contributed by atoms with Crippen LogP contribution in [0.15, 0.2) is 24.3 Å². The fraction of sp³-hybridized carbons (Fsp3) is 0.538. The summed E-state index contributed by atoms with van der Waals surface area (Å²) < 4.78 is 5.02. The fourth-order valence-corrected chi connectivity index (χ4v) is 2.21. The quantitative estimate of drug-likeness (QED) is 0.389. The van der Waals surface area contributed by atoms with Crippen LogP contribution in [0, 0.1) is 0 Å². The van der Waals surface area contributed by atoms with E-state index in [-0.39, 0.29) is 12.3 Å². The monoisotopic (exact) mass is 285 g/mol. The van der Waals surface area contributed by atoms with E-state index in [1.54, 1.807) is 18.2 Å². The predicted octanol–water partition coefficient (Wildman–Crippen LogP) is -1.72. The summed E-state index contributed by atoms with van der Waals surface area (Å²) in [5.41, 5.74) is 0.589. The van der Waals surface area contributed by atoms with Gasteiger partial charge in [-0.3, -0.25) is 0 Å². The number of phenolic OH excluding ortho intramolecular Hbond substituents is 1. The summed E-state index contributed by atoms with van der Waals surface area (Å²) >= 11 is 0. The zero-order chi connectivity index (χ0) is 14.7. The smallest absolute Gasteiger partial charge is 0.173 e. The molecule has 1 aliphatic rings. The summed E-state index contributed by atoms with van der Waals surface area (Å²) in [5.74, 6) is 0.0921. The van der Waals surface area contributed by atoms with Crippen molar-refractivity contribution in [1.82, 2.24) is 5.32 Å². The number of nitrogens with one attached hydrogen (secondary N) is 1. The second-order valence-electron chi connectivity index (χ2n) is 4.76. The third kappa shape index (κ3) is 3.09. The number of rotatable bonds is 4. The van der Waals surface area contributed by atoms with Gasteiger partial charge in [-0.1, -0.05) is 18.2 Å². The van der Waals surface area contributed by atoms with Gasteiger partial charge in [0.15, 0.2) is 6.29 Å². The van der Waals surface area contributed by atoms with Gasteiger partial charge in [-0.05, 0) is 6.07 Å². The average Bonchev–Trinajstić information content (AvgIpc) is 2.44. The Bertz CT molecular complexity index is 443. The molecule has 1 aromatic rings. The van der Waals surface area contributed by atoms with E-state index in [0.29, 0.717) is 5.56 Å². The molecule has 7 nitrogen and oxygen atoms in total. The van der Waals surface area contributed by atoms with Crippen LogP contribution in [0.3, 0.4) is 0 Å². The highest BCUT2D eigenvalue weighted by Gasteiger charge is 2.43. The first-order valence-corrected chi connectivity index (χ1v) is 6.35. The van der Waals surface area contributed by atoms with Gasteiger partial charge in [0.1, 0.15) is 24.1 Å². The Morgan fingerprint density at radius 2 is 1.80 bits per heavy atom. The van der Waals surface area contributed by atoms with Crippen LogP contribution in [-0.4, -0.2) is 62.8 Å². The number of benzene rings is 1. The van der Waals surface area contributed by atoms with Gasteiger partial charge in [0.2, 0.25) is 0 Å². The molecule has 0 aromatic heterocycles. The van der Waals surface area contributed by atoms with E-state index in [1.165, 1.54) is 6.07 Å². The summed E-state index contributed by atoms with van der Waals surface area (Å²) in [6.07, 6.45) is -4.98. The van der Waals surface area contributed by atoms with E-state index in [9.17, 15) is 20.4 Å². The first-order chi connectivity index (χ1) is 9.54. The van der Waals surface area contributed by atoms with E-state index in [1.807, 2.05) is 0 Å². The van der Waals surface area contributed by atoms with Crippen LogP contribution in [0.1, 0.15) is 5.56 Å². The average molecular weight is 285 g/mol. The Morgan fingerprint density at radius 3 is 2.45 bits per heavy atom. The lowest BCUT2D eigenvalue weighted by Gasteiger charge is -2.40. The molecule has 0 radical (unpaired) electrons. The third-order valence-electron chi connectivity index (χ3n) is 3.42. The van der Waals surface area contributed by atoms with Crippen LogP contribution in [0.25, 0.3) is 0 Å². The van der Waals surface area contributed by atoms with Crippen molar-refractivity contribution in [3.63, 3.8) is 0 Å². The van der Waals surface area contributed by atoms with E-state index >= 15 is 0 Å². The van der Waals surface area contributed by atoms with Crippen molar-refractivity contribution in [2.45, 2.75) is 37.2 Å². The number of aliphatic hydroxyl groups is 4. The minimum atomic E-state index is -1.36. The molecule has 0 saturated carbocycles. The van der Waals surface area contributed by atoms with E-state index in [0.717, 1.165) is 0 Å². The number of phenols is 1. The van der Waals surface area contributed by atoms with Crippen molar-refractivity contribution in [2.75, 3.05) is 6.61 Å². The number of aliphatic hydroxyl groups excluding tert-OH is 4. The maximum Gasteiger partial charge on any atom is 0.173 e. The van der Waals surface area contributed by atoms with E-state index < -0.39 is 37.3 Å². The molecule has 112 valence electrons. The van der Waals surface area contributed by atoms with Crippen molar-refractivity contribution in [2.24, 2.45) is 0 Å². The highest BCUT2D eigenvalue weighted by Crippen LogP contribution is 2.21. The number of para-hydroxylation sites is 1. The van der Waals surface area contributed by atoms with Crippen molar-refractivity contribution in [3.8, 4) is 5.75 Å². The molecule has 7 heteroatoms. The molecule has 2 rings (SSSR count). The van der Waals surface area contributed by atoms with Crippen molar-refractivity contribution >= 4 is 0 Å².